The van der Waals surface area contributed by atoms with Crippen LogP contribution in [-0.2, 0) is 0 Å². The fourth-order valence-corrected chi connectivity index (χ4v) is 2.54. The lowest BCUT2D eigenvalue weighted by molar-refractivity contribution is 0.0952. The lowest BCUT2D eigenvalue weighted by Gasteiger charge is -2.13. The summed E-state index contributed by atoms with van der Waals surface area (Å²) in [5, 5.41) is 8.43. The van der Waals surface area contributed by atoms with E-state index in [2.05, 4.69) is 16.0 Å². The van der Waals surface area contributed by atoms with Gasteiger partial charge in [-0.25, -0.2) is 0 Å². The van der Waals surface area contributed by atoms with Gasteiger partial charge in [-0.2, -0.15) is 0 Å². The minimum atomic E-state index is -0.362. The van der Waals surface area contributed by atoms with Crippen molar-refractivity contribution < 1.29 is 14.3 Å². The van der Waals surface area contributed by atoms with Crippen molar-refractivity contribution in [2.24, 2.45) is 0 Å². The van der Waals surface area contributed by atoms with Crippen LogP contribution >= 0.6 is 12.2 Å². The molecule has 0 aliphatic rings. The number of benzene rings is 2. The van der Waals surface area contributed by atoms with Gasteiger partial charge in [0.15, 0.2) is 5.11 Å². The molecule has 27 heavy (non-hydrogen) atoms. The van der Waals surface area contributed by atoms with E-state index in [9.17, 15) is 9.59 Å². The number of para-hydroxylation sites is 1. The highest BCUT2D eigenvalue weighted by Crippen LogP contribution is 2.18. The van der Waals surface area contributed by atoms with Crippen LogP contribution in [0, 0.1) is 0 Å². The van der Waals surface area contributed by atoms with Crippen molar-refractivity contribution in [3.63, 3.8) is 0 Å². The van der Waals surface area contributed by atoms with Crippen LogP contribution in [0.2, 0.25) is 0 Å². The van der Waals surface area contributed by atoms with E-state index in [0.29, 0.717) is 35.7 Å². The summed E-state index contributed by atoms with van der Waals surface area (Å²) in [6.07, 6.45) is 0.845. The minimum Gasteiger partial charge on any atom is -0.493 e. The first kappa shape index (κ1) is 20.4. The van der Waals surface area contributed by atoms with Crippen molar-refractivity contribution in [3.8, 4) is 5.75 Å². The predicted molar refractivity (Wildman–Crippen MR) is 110 cm³/mol. The van der Waals surface area contributed by atoms with Gasteiger partial charge < -0.3 is 15.4 Å². The Bertz CT molecular complexity index is 824. The van der Waals surface area contributed by atoms with Gasteiger partial charge in [0, 0.05) is 17.8 Å². The molecule has 0 heterocycles. The molecule has 6 nitrogen and oxygen atoms in total. The number of rotatable bonds is 7. The van der Waals surface area contributed by atoms with Crippen molar-refractivity contribution in [1.29, 1.82) is 0 Å². The maximum absolute atomic E-state index is 12.5. The highest BCUT2D eigenvalue weighted by molar-refractivity contribution is 7.80. The van der Waals surface area contributed by atoms with Crippen LogP contribution in [0.5, 0.6) is 5.75 Å². The van der Waals surface area contributed by atoms with E-state index < -0.39 is 0 Å². The Morgan fingerprint density at radius 1 is 1.04 bits per heavy atom. The first-order valence-corrected chi connectivity index (χ1v) is 9.18. The number of nitrogens with one attached hydrogen (secondary N) is 3. The molecule has 3 N–H and O–H groups in total. The number of carbonyl (C=O) groups excluding carboxylic acids is 2. The van der Waals surface area contributed by atoms with Gasteiger partial charge in [-0.15, -0.1) is 0 Å². The minimum absolute atomic E-state index is 0.137. The van der Waals surface area contributed by atoms with Gasteiger partial charge in [0.05, 0.1) is 12.2 Å². The molecule has 0 aliphatic carbocycles. The summed E-state index contributed by atoms with van der Waals surface area (Å²) >= 11 is 5.22. The molecule has 0 spiro atoms. The van der Waals surface area contributed by atoms with Gasteiger partial charge in [0.25, 0.3) is 11.8 Å². The van der Waals surface area contributed by atoms with Crippen molar-refractivity contribution in [1.82, 2.24) is 10.6 Å². The summed E-state index contributed by atoms with van der Waals surface area (Å²) in [4.78, 5) is 24.4. The Morgan fingerprint density at radius 2 is 1.81 bits per heavy atom. The number of anilines is 1. The predicted octanol–water partition coefficient (Wildman–Crippen LogP) is 3.35. The van der Waals surface area contributed by atoms with Crippen LogP contribution in [0.15, 0.2) is 48.5 Å². The molecule has 7 heteroatoms. The number of ether oxygens (including phenoxy) is 1. The zero-order chi connectivity index (χ0) is 19.6. The molecule has 0 aromatic heterocycles. The van der Waals surface area contributed by atoms with Crippen LogP contribution in [-0.4, -0.2) is 30.1 Å². The highest BCUT2D eigenvalue weighted by Gasteiger charge is 2.14. The summed E-state index contributed by atoms with van der Waals surface area (Å²) in [5.74, 6) is -0.0185. The SMILES string of the molecule is CCCOc1ccccc1C(=O)NC(=S)Nc1cccc(C(=O)NCC)c1. The first-order valence-electron chi connectivity index (χ1n) is 8.77. The molecule has 0 radical (unpaired) electrons. The first-order chi connectivity index (χ1) is 13.0. The third-order valence-electron chi connectivity index (χ3n) is 3.54. The van der Waals surface area contributed by atoms with Gasteiger partial charge in [0.1, 0.15) is 5.75 Å². The second-order valence-corrected chi connectivity index (χ2v) is 6.10. The van der Waals surface area contributed by atoms with Crippen molar-refractivity contribution >= 4 is 34.8 Å². The standard InChI is InChI=1S/C20H23N3O3S/c1-3-12-26-17-11-6-5-10-16(17)19(25)23-20(27)22-15-9-7-8-14(13-15)18(24)21-4-2/h5-11,13H,3-4,12H2,1-2H3,(H,21,24)(H2,22,23,25,27). The molecular formula is C20H23N3O3S. The Balaban J connectivity index is 2.03. The lowest BCUT2D eigenvalue weighted by Crippen LogP contribution is -2.34. The molecule has 0 saturated heterocycles. The number of amides is 2. The molecule has 0 aliphatic heterocycles. The number of hydrogen-bond donors (Lipinski definition) is 3. The molecule has 142 valence electrons. The van der Waals surface area contributed by atoms with Gasteiger partial charge in [-0.3, -0.25) is 14.9 Å². The average Bonchev–Trinajstić information content (AvgIpc) is 2.66. The molecule has 2 amide bonds. The van der Waals surface area contributed by atoms with E-state index in [4.69, 9.17) is 17.0 Å². The third kappa shape index (κ3) is 6.07. The van der Waals surface area contributed by atoms with Crippen LogP contribution < -0.4 is 20.7 Å². The van der Waals surface area contributed by atoms with Crippen molar-refractivity contribution in [2.45, 2.75) is 20.3 Å². The van der Waals surface area contributed by atoms with Crippen LogP contribution in [0.4, 0.5) is 5.69 Å². The maximum Gasteiger partial charge on any atom is 0.261 e. The van der Waals surface area contributed by atoms with Gasteiger partial charge in [-0.05, 0) is 55.9 Å². The molecule has 0 fully saturated rings. The Hall–Kier alpha value is -2.93. The molecule has 2 aromatic carbocycles. The number of hydrogen-bond acceptors (Lipinski definition) is 4. The van der Waals surface area contributed by atoms with Gasteiger partial charge in [0.2, 0.25) is 0 Å². The zero-order valence-electron chi connectivity index (χ0n) is 15.4. The molecule has 2 rings (SSSR count). The van der Waals surface area contributed by atoms with Gasteiger partial charge in [-0.1, -0.05) is 25.1 Å². The number of carbonyl (C=O) groups is 2. The lowest BCUT2D eigenvalue weighted by atomic mass is 10.2. The second kappa shape index (κ2) is 10.3. The number of thiocarbonyl (C=S) groups is 1. The van der Waals surface area contributed by atoms with Crippen LogP contribution in [0.3, 0.4) is 0 Å². The quantitative estimate of drug-likeness (QED) is 0.637. The summed E-state index contributed by atoms with van der Waals surface area (Å²) in [7, 11) is 0. The fourth-order valence-electron chi connectivity index (χ4n) is 2.33. The molecule has 0 saturated carbocycles. The average molecular weight is 385 g/mol. The zero-order valence-corrected chi connectivity index (χ0v) is 16.2. The fraction of sp³-hybridized carbons (Fsp3) is 0.250. The second-order valence-electron chi connectivity index (χ2n) is 5.69. The van der Waals surface area contributed by atoms with Crippen LogP contribution in [0.25, 0.3) is 0 Å². The van der Waals surface area contributed by atoms with E-state index in [1.807, 2.05) is 19.9 Å². The summed E-state index contributed by atoms with van der Waals surface area (Å²) < 4.78 is 5.60. The Morgan fingerprint density at radius 3 is 2.56 bits per heavy atom. The Labute approximate surface area is 164 Å². The molecule has 2 aromatic rings. The van der Waals surface area contributed by atoms with Crippen molar-refractivity contribution in [3.05, 3.63) is 59.7 Å². The third-order valence-corrected chi connectivity index (χ3v) is 3.74. The summed E-state index contributed by atoms with van der Waals surface area (Å²) in [6.45, 7) is 4.92. The topological polar surface area (TPSA) is 79.5 Å². The van der Waals surface area contributed by atoms with Gasteiger partial charge >= 0.3 is 0 Å². The largest absolute Gasteiger partial charge is 0.493 e. The van der Waals surface area contributed by atoms with E-state index in [1.54, 1.807) is 42.5 Å². The Kier molecular flexibility index (Phi) is 7.76. The summed E-state index contributed by atoms with van der Waals surface area (Å²) in [5.41, 5.74) is 1.53. The van der Waals surface area contributed by atoms with E-state index in [0.717, 1.165) is 6.42 Å². The maximum atomic E-state index is 12.5. The van der Waals surface area contributed by atoms with E-state index in [1.165, 1.54) is 0 Å². The normalized spacial score (nSPS) is 10.0. The molecule has 0 unspecified atom stereocenters. The summed E-state index contributed by atoms with van der Waals surface area (Å²) in [6, 6.07) is 13.9. The van der Waals surface area contributed by atoms with Crippen LogP contribution in [0.1, 0.15) is 41.0 Å². The molecule has 0 bridgehead atoms. The van der Waals surface area contributed by atoms with Crippen molar-refractivity contribution in [2.75, 3.05) is 18.5 Å². The highest BCUT2D eigenvalue weighted by atomic mass is 32.1. The molecular weight excluding hydrogens is 362 g/mol. The van der Waals surface area contributed by atoms with E-state index >= 15 is 0 Å². The van der Waals surface area contributed by atoms with E-state index in [-0.39, 0.29) is 16.9 Å². The monoisotopic (exact) mass is 385 g/mol. The molecule has 0 atom stereocenters. The smallest absolute Gasteiger partial charge is 0.261 e.